The van der Waals surface area contributed by atoms with Crippen molar-refractivity contribution in [2.45, 2.75) is 75.0 Å². The molecule has 10 heteroatoms. The SMILES string of the molecule is CCc1ccc(OS(=O)(=O)C(F)(F)F)c2c1[C@]13CCC[C@H](C)[C@]1(O)CCC(=O)[C@@H]3O2. The van der Waals surface area contributed by atoms with Crippen LogP contribution in [-0.2, 0) is 26.7 Å². The maximum Gasteiger partial charge on any atom is 0.534 e. The number of Topliss-reactive ketones (excluding diaryl/α,β-unsaturated/α-hetero) is 1. The monoisotopic (exact) mass is 448 g/mol. The summed E-state index contributed by atoms with van der Waals surface area (Å²) < 4.78 is 72.3. The molecule has 1 spiro atoms. The zero-order chi connectivity index (χ0) is 22.1. The highest BCUT2D eigenvalue weighted by Crippen LogP contribution is 2.64. The highest BCUT2D eigenvalue weighted by atomic mass is 32.2. The Labute approximate surface area is 172 Å². The largest absolute Gasteiger partial charge is 0.534 e. The maximum absolute atomic E-state index is 12.9. The lowest BCUT2D eigenvalue weighted by atomic mass is 9.49. The van der Waals surface area contributed by atoms with Crippen LogP contribution in [0.15, 0.2) is 12.1 Å². The van der Waals surface area contributed by atoms with E-state index >= 15 is 0 Å². The van der Waals surface area contributed by atoms with Gasteiger partial charge in [0.05, 0.1) is 11.0 Å². The second-order valence-electron chi connectivity index (χ2n) is 8.42. The number of rotatable bonds is 3. The number of hydrogen-bond acceptors (Lipinski definition) is 6. The summed E-state index contributed by atoms with van der Waals surface area (Å²) >= 11 is 0. The molecule has 30 heavy (non-hydrogen) atoms. The van der Waals surface area contributed by atoms with E-state index in [1.54, 1.807) is 0 Å². The van der Waals surface area contributed by atoms with Gasteiger partial charge < -0.3 is 14.0 Å². The number of ketones is 1. The summed E-state index contributed by atoms with van der Waals surface area (Å²) in [5.74, 6) is -1.21. The quantitative estimate of drug-likeness (QED) is 0.563. The van der Waals surface area contributed by atoms with Crippen molar-refractivity contribution >= 4 is 15.9 Å². The molecule has 0 amide bonds. The molecular weight excluding hydrogens is 425 g/mol. The zero-order valence-electron chi connectivity index (χ0n) is 16.6. The molecule has 1 aromatic carbocycles. The van der Waals surface area contributed by atoms with Gasteiger partial charge >= 0.3 is 15.6 Å². The molecular formula is C20H23F3O6S. The number of fused-ring (bicyclic) bond motifs is 1. The van der Waals surface area contributed by atoms with Gasteiger partial charge in [-0.2, -0.15) is 21.6 Å². The Hall–Kier alpha value is -1.81. The van der Waals surface area contributed by atoms with Crippen LogP contribution in [0.5, 0.6) is 11.5 Å². The van der Waals surface area contributed by atoms with Crippen molar-refractivity contribution < 1.29 is 40.4 Å². The highest BCUT2D eigenvalue weighted by molar-refractivity contribution is 7.88. The molecule has 4 rings (SSSR count). The van der Waals surface area contributed by atoms with E-state index in [-0.39, 0.29) is 30.3 Å². The summed E-state index contributed by atoms with van der Waals surface area (Å²) in [4.78, 5) is 12.8. The van der Waals surface area contributed by atoms with Crippen molar-refractivity contribution in [3.63, 3.8) is 0 Å². The average Bonchev–Trinajstić information content (AvgIpc) is 3.01. The molecule has 1 N–H and O–H groups in total. The molecule has 0 saturated heterocycles. The number of alkyl halides is 3. The third-order valence-corrected chi connectivity index (χ3v) is 8.01. The standard InChI is InChI=1S/C20H23F3O6S/c1-3-12-6-7-14(29-30(26,27)20(21,22)23)16-15(12)18-9-4-5-11(2)19(18,25)10-8-13(24)17(18)28-16/h6-7,11,17,25H,3-5,8-10H2,1-2H3/t11-,17-,18-,19+/m0/s1. The summed E-state index contributed by atoms with van der Waals surface area (Å²) in [7, 11) is -5.92. The van der Waals surface area contributed by atoms with Crippen LogP contribution in [-0.4, -0.2) is 36.5 Å². The van der Waals surface area contributed by atoms with Crippen LogP contribution in [0.1, 0.15) is 57.1 Å². The summed E-state index contributed by atoms with van der Waals surface area (Å²) in [5, 5.41) is 11.8. The van der Waals surface area contributed by atoms with Crippen LogP contribution in [0.2, 0.25) is 0 Å². The number of aliphatic hydroxyl groups is 1. The topological polar surface area (TPSA) is 89.9 Å². The van der Waals surface area contributed by atoms with Crippen molar-refractivity contribution in [2.24, 2.45) is 5.92 Å². The molecule has 2 aliphatic carbocycles. The van der Waals surface area contributed by atoms with E-state index in [2.05, 4.69) is 4.18 Å². The van der Waals surface area contributed by atoms with E-state index in [1.165, 1.54) is 6.07 Å². The minimum Gasteiger partial charge on any atom is -0.477 e. The molecule has 0 aromatic heterocycles. The van der Waals surface area contributed by atoms with Crippen LogP contribution in [0.25, 0.3) is 0 Å². The number of hydrogen-bond donors (Lipinski definition) is 1. The second kappa shape index (κ2) is 6.59. The minimum absolute atomic E-state index is 0.0831. The molecule has 2 saturated carbocycles. The minimum atomic E-state index is -5.92. The Kier molecular flexibility index (Phi) is 4.71. The van der Waals surface area contributed by atoms with Gasteiger partial charge in [0.15, 0.2) is 23.4 Å². The predicted octanol–water partition coefficient (Wildman–Crippen LogP) is 3.39. The molecule has 2 fully saturated rings. The lowest BCUT2D eigenvalue weighted by molar-refractivity contribution is -0.171. The third kappa shape index (κ3) is 2.65. The first-order chi connectivity index (χ1) is 13.9. The van der Waals surface area contributed by atoms with Gasteiger partial charge in [0.25, 0.3) is 0 Å². The van der Waals surface area contributed by atoms with Crippen LogP contribution in [0, 0.1) is 5.92 Å². The van der Waals surface area contributed by atoms with Crippen molar-refractivity contribution in [1.82, 2.24) is 0 Å². The van der Waals surface area contributed by atoms with Gasteiger partial charge in [-0.3, -0.25) is 4.79 Å². The fourth-order valence-corrected chi connectivity index (χ4v) is 6.08. The summed E-state index contributed by atoms with van der Waals surface area (Å²) in [6, 6.07) is 2.60. The maximum atomic E-state index is 12.9. The van der Waals surface area contributed by atoms with E-state index < -0.39 is 38.5 Å². The summed E-state index contributed by atoms with van der Waals surface area (Å²) in [5.41, 5.74) is -6.94. The van der Waals surface area contributed by atoms with Gasteiger partial charge in [0, 0.05) is 12.0 Å². The normalized spacial score (nSPS) is 33.3. The number of ether oxygens (including phenoxy) is 1. The Balaban J connectivity index is 1.96. The molecule has 4 atom stereocenters. The lowest BCUT2D eigenvalue weighted by Crippen LogP contribution is -2.67. The van der Waals surface area contributed by atoms with E-state index in [1.807, 2.05) is 13.8 Å². The van der Waals surface area contributed by atoms with Crippen molar-refractivity contribution in [2.75, 3.05) is 0 Å². The second-order valence-corrected chi connectivity index (χ2v) is 9.95. The number of carbonyl (C=O) groups excluding carboxylic acids is 1. The van der Waals surface area contributed by atoms with E-state index in [0.717, 1.165) is 12.5 Å². The Morgan fingerprint density at radius 3 is 2.63 bits per heavy atom. The van der Waals surface area contributed by atoms with E-state index in [4.69, 9.17) is 4.74 Å². The average molecular weight is 448 g/mol. The van der Waals surface area contributed by atoms with Crippen molar-refractivity contribution in [1.29, 1.82) is 0 Å². The molecule has 6 nitrogen and oxygen atoms in total. The van der Waals surface area contributed by atoms with Crippen LogP contribution < -0.4 is 8.92 Å². The van der Waals surface area contributed by atoms with Crippen molar-refractivity contribution in [3.05, 3.63) is 23.3 Å². The van der Waals surface area contributed by atoms with Gasteiger partial charge in [0.1, 0.15) is 0 Å². The van der Waals surface area contributed by atoms with Crippen molar-refractivity contribution in [3.8, 4) is 11.5 Å². The Morgan fingerprint density at radius 2 is 2.00 bits per heavy atom. The van der Waals surface area contributed by atoms with E-state index in [9.17, 15) is 31.5 Å². The number of carbonyl (C=O) groups is 1. The molecule has 1 heterocycles. The van der Waals surface area contributed by atoms with Gasteiger partial charge in [0.2, 0.25) is 0 Å². The van der Waals surface area contributed by atoms with Gasteiger partial charge in [-0.1, -0.05) is 26.3 Å². The molecule has 0 bridgehead atoms. The molecule has 0 radical (unpaired) electrons. The van der Waals surface area contributed by atoms with Gasteiger partial charge in [-0.05, 0) is 43.2 Å². The molecule has 3 aliphatic rings. The molecule has 1 aromatic rings. The van der Waals surface area contributed by atoms with Gasteiger partial charge in [-0.25, -0.2) is 0 Å². The fourth-order valence-electron chi connectivity index (χ4n) is 5.62. The zero-order valence-corrected chi connectivity index (χ0v) is 17.4. The van der Waals surface area contributed by atoms with Gasteiger partial charge in [-0.15, -0.1) is 0 Å². The summed E-state index contributed by atoms with van der Waals surface area (Å²) in [6.45, 7) is 3.73. The molecule has 166 valence electrons. The summed E-state index contributed by atoms with van der Waals surface area (Å²) in [6.07, 6.45) is 1.55. The third-order valence-electron chi connectivity index (χ3n) is 7.04. The van der Waals surface area contributed by atoms with E-state index in [0.29, 0.717) is 30.4 Å². The first-order valence-electron chi connectivity index (χ1n) is 9.98. The first kappa shape index (κ1) is 21.4. The highest BCUT2D eigenvalue weighted by Gasteiger charge is 2.69. The van der Waals surface area contributed by atoms with Crippen LogP contribution >= 0.6 is 0 Å². The lowest BCUT2D eigenvalue weighted by Gasteiger charge is -2.56. The number of aryl methyl sites for hydroxylation is 1. The van der Waals surface area contributed by atoms with Crippen LogP contribution in [0.4, 0.5) is 13.2 Å². The predicted molar refractivity (Wildman–Crippen MR) is 99.7 cm³/mol. The molecule has 0 unspecified atom stereocenters. The Bertz CT molecular complexity index is 1000. The van der Waals surface area contributed by atoms with Crippen LogP contribution in [0.3, 0.4) is 0 Å². The smallest absolute Gasteiger partial charge is 0.477 e. The first-order valence-corrected chi connectivity index (χ1v) is 11.4. The number of benzene rings is 1. The number of halogens is 3. The fraction of sp³-hybridized carbons (Fsp3) is 0.650. The molecule has 1 aliphatic heterocycles. The Morgan fingerprint density at radius 1 is 1.30 bits per heavy atom.